The van der Waals surface area contributed by atoms with Gasteiger partial charge in [0.25, 0.3) is 5.91 Å². The minimum Gasteiger partial charge on any atom is -0.369 e. The summed E-state index contributed by atoms with van der Waals surface area (Å²) in [6.07, 6.45) is 1.42. The Bertz CT molecular complexity index is 695. The summed E-state index contributed by atoms with van der Waals surface area (Å²) >= 11 is 0. The first kappa shape index (κ1) is 13.5. The van der Waals surface area contributed by atoms with Crippen molar-refractivity contribution >= 4 is 17.7 Å². The van der Waals surface area contributed by atoms with Crippen LogP contribution in [0, 0.1) is 0 Å². The highest BCUT2D eigenvalue weighted by Gasteiger charge is 2.46. The molecule has 0 bridgehead atoms. The quantitative estimate of drug-likeness (QED) is 0.792. The fourth-order valence-corrected chi connectivity index (χ4v) is 3.43. The van der Waals surface area contributed by atoms with Crippen LogP contribution in [0.25, 0.3) is 0 Å². The number of nitrogens with one attached hydrogen (secondary N) is 1. The molecule has 2 fully saturated rings. The highest BCUT2D eigenvalue weighted by Crippen LogP contribution is 2.46. The second-order valence-corrected chi connectivity index (χ2v) is 6.14. The van der Waals surface area contributed by atoms with E-state index in [9.17, 15) is 19.5 Å². The number of hydrogen-bond acceptors (Lipinski definition) is 4. The van der Waals surface area contributed by atoms with Gasteiger partial charge in [-0.25, -0.2) is 0 Å². The van der Waals surface area contributed by atoms with E-state index in [4.69, 9.17) is 0 Å². The third-order valence-electron chi connectivity index (χ3n) is 4.68. The number of imide groups is 1. The lowest BCUT2D eigenvalue weighted by Gasteiger charge is -2.31. The van der Waals surface area contributed by atoms with Crippen LogP contribution in [-0.4, -0.2) is 33.8 Å². The first-order valence-electron chi connectivity index (χ1n) is 7.55. The molecule has 0 aromatic heterocycles. The standard InChI is InChI=1S/C16H16N2O4/c19-12-7-6-11(14(20)17-12)18-15(21)10-3-1-2-9(8-4-5-8)13(10)16(18)22/h1-3,8,11,15,21H,4-7H2,(H,17,19,20). The third-order valence-corrected chi connectivity index (χ3v) is 4.68. The van der Waals surface area contributed by atoms with E-state index >= 15 is 0 Å². The number of carbonyl (C=O) groups excluding carboxylic acids is 3. The van der Waals surface area contributed by atoms with E-state index < -0.39 is 18.2 Å². The molecule has 1 aliphatic carbocycles. The molecule has 4 rings (SSSR count). The Morgan fingerprint density at radius 1 is 1.09 bits per heavy atom. The normalized spacial score (nSPS) is 27.9. The fourth-order valence-electron chi connectivity index (χ4n) is 3.43. The molecule has 2 N–H and O–H groups in total. The van der Waals surface area contributed by atoms with E-state index in [1.807, 2.05) is 12.1 Å². The van der Waals surface area contributed by atoms with Gasteiger partial charge >= 0.3 is 0 Å². The highest BCUT2D eigenvalue weighted by atomic mass is 16.3. The number of amides is 3. The highest BCUT2D eigenvalue weighted by molar-refractivity contribution is 6.06. The van der Waals surface area contributed by atoms with Gasteiger partial charge in [0.05, 0.1) is 5.56 Å². The average molecular weight is 300 g/mol. The van der Waals surface area contributed by atoms with Crippen molar-refractivity contribution in [2.45, 2.75) is 43.9 Å². The van der Waals surface area contributed by atoms with Crippen LogP contribution >= 0.6 is 0 Å². The molecule has 1 aromatic rings. The van der Waals surface area contributed by atoms with Crippen molar-refractivity contribution in [2.24, 2.45) is 0 Å². The Morgan fingerprint density at radius 2 is 1.82 bits per heavy atom. The number of rotatable bonds is 2. The maximum Gasteiger partial charge on any atom is 0.257 e. The van der Waals surface area contributed by atoms with Crippen LogP contribution in [0.3, 0.4) is 0 Å². The van der Waals surface area contributed by atoms with Crippen LogP contribution < -0.4 is 5.32 Å². The van der Waals surface area contributed by atoms with Gasteiger partial charge in [0, 0.05) is 12.0 Å². The van der Waals surface area contributed by atoms with Crippen LogP contribution in [0.2, 0.25) is 0 Å². The Morgan fingerprint density at radius 3 is 2.50 bits per heavy atom. The van der Waals surface area contributed by atoms with Crippen molar-refractivity contribution in [3.63, 3.8) is 0 Å². The van der Waals surface area contributed by atoms with Crippen LogP contribution in [0.4, 0.5) is 0 Å². The summed E-state index contributed by atoms with van der Waals surface area (Å²) in [4.78, 5) is 37.3. The summed E-state index contributed by atoms with van der Waals surface area (Å²) in [5.41, 5.74) is 2.08. The van der Waals surface area contributed by atoms with Gasteiger partial charge in [-0.1, -0.05) is 18.2 Å². The van der Waals surface area contributed by atoms with E-state index in [0.717, 1.165) is 18.4 Å². The van der Waals surface area contributed by atoms with Crippen molar-refractivity contribution in [1.82, 2.24) is 10.2 Å². The first-order valence-corrected chi connectivity index (χ1v) is 7.55. The minimum atomic E-state index is -1.12. The molecule has 6 heteroatoms. The van der Waals surface area contributed by atoms with Crippen molar-refractivity contribution in [3.8, 4) is 0 Å². The molecule has 2 atom stereocenters. The average Bonchev–Trinajstić information content (AvgIpc) is 3.29. The van der Waals surface area contributed by atoms with Gasteiger partial charge in [-0.3, -0.25) is 24.6 Å². The summed E-state index contributed by atoms with van der Waals surface area (Å²) in [5, 5.41) is 12.8. The van der Waals surface area contributed by atoms with Gasteiger partial charge in [-0.2, -0.15) is 0 Å². The Kier molecular flexibility index (Phi) is 2.84. The molecule has 3 aliphatic rings. The van der Waals surface area contributed by atoms with Crippen molar-refractivity contribution in [1.29, 1.82) is 0 Å². The second kappa shape index (κ2) is 4.64. The number of aliphatic hydroxyl groups excluding tert-OH is 1. The smallest absolute Gasteiger partial charge is 0.257 e. The molecule has 6 nitrogen and oxygen atoms in total. The first-order chi connectivity index (χ1) is 10.6. The number of aliphatic hydroxyl groups is 1. The maximum atomic E-state index is 12.8. The second-order valence-electron chi connectivity index (χ2n) is 6.14. The van der Waals surface area contributed by atoms with Crippen LogP contribution in [0.15, 0.2) is 18.2 Å². The molecule has 0 spiro atoms. The molecular formula is C16H16N2O4. The number of fused-ring (bicyclic) bond motifs is 1. The van der Waals surface area contributed by atoms with Crippen LogP contribution in [0.5, 0.6) is 0 Å². The van der Waals surface area contributed by atoms with Gasteiger partial charge < -0.3 is 5.11 Å². The SMILES string of the molecule is O=C1CCC(N2C(=O)c3c(C4CC4)cccc3C2O)C(=O)N1. The van der Waals surface area contributed by atoms with Gasteiger partial charge in [0.2, 0.25) is 11.8 Å². The Hall–Kier alpha value is -2.21. The predicted octanol–water partition coefficient (Wildman–Crippen LogP) is 0.816. The van der Waals surface area contributed by atoms with E-state index in [1.165, 1.54) is 4.90 Å². The fraction of sp³-hybridized carbons (Fsp3) is 0.438. The zero-order valence-electron chi connectivity index (χ0n) is 11.9. The van der Waals surface area contributed by atoms with E-state index in [0.29, 0.717) is 17.0 Å². The van der Waals surface area contributed by atoms with Gasteiger partial charge in [0.15, 0.2) is 6.23 Å². The molecule has 2 aliphatic heterocycles. The monoisotopic (exact) mass is 300 g/mol. The summed E-state index contributed by atoms with van der Waals surface area (Å²) < 4.78 is 0. The molecule has 2 heterocycles. The van der Waals surface area contributed by atoms with E-state index in [2.05, 4.69) is 5.32 Å². The van der Waals surface area contributed by atoms with Gasteiger partial charge in [0.1, 0.15) is 6.04 Å². The molecule has 3 amide bonds. The molecule has 1 aromatic carbocycles. The topological polar surface area (TPSA) is 86.7 Å². The lowest BCUT2D eigenvalue weighted by molar-refractivity contribution is -0.139. The molecular weight excluding hydrogens is 284 g/mol. The van der Waals surface area contributed by atoms with E-state index in [1.54, 1.807) is 6.07 Å². The predicted molar refractivity (Wildman–Crippen MR) is 75.7 cm³/mol. The number of piperidine rings is 1. The Balaban J connectivity index is 1.72. The maximum absolute atomic E-state index is 12.8. The zero-order valence-corrected chi connectivity index (χ0v) is 11.9. The summed E-state index contributed by atoms with van der Waals surface area (Å²) in [7, 11) is 0. The van der Waals surface area contributed by atoms with Crippen molar-refractivity contribution < 1.29 is 19.5 Å². The molecule has 114 valence electrons. The van der Waals surface area contributed by atoms with Crippen LogP contribution in [-0.2, 0) is 9.59 Å². The molecule has 1 saturated heterocycles. The third kappa shape index (κ3) is 1.87. The number of nitrogens with zero attached hydrogens (tertiary/aromatic N) is 1. The van der Waals surface area contributed by atoms with Crippen LogP contribution in [0.1, 0.15) is 59.3 Å². The molecule has 1 saturated carbocycles. The molecule has 22 heavy (non-hydrogen) atoms. The van der Waals surface area contributed by atoms with Crippen molar-refractivity contribution in [3.05, 3.63) is 34.9 Å². The number of carbonyl (C=O) groups is 3. The summed E-state index contributed by atoms with van der Waals surface area (Å²) in [5.74, 6) is -0.768. The zero-order chi connectivity index (χ0) is 15.4. The number of hydrogen-bond donors (Lipinski definition) is 2. The summed E-state index contributed by atoms with van der Waals surface area (Å²) in [6, 6.07) is 4.71. The van der Waals surface area contributed by atoms with Crippen molar-refractivity contribution in [2.75, 3.05) is 0 Å². The molecule has 2 unspecified atom stereocenters. The lowest BCUT2D eigenvalue weighted by Crippen LogP contribution is -2.53. The van der Waals surface area contributed by atoms with Gasteiger partial charge in [-0.15, -0.1) is 0 Å². The largest absolute Gasteiger partial charge is 0.369 e. The number of benzene rings is 1. The molecule has 0 radical (unpaired) electrons. The summed E-state index contributed by atoms with van der Waals surface area (Å²) in [6.45, 7) is 0. The van der Waals surface area contributed by atoms with Gasteiger partial charge in [-0.05, 0) is 30.7 Å². The Labute approximate surface area is 127 Å². The lowest BCUT2D eigenvalue weighted by atomic mass is 9.99. The van der Waals surface area contributed by atoms with E-state index in [-0.39, 0.29) is 24.7 Å². The minimum absolute atomic E-state index is 0.179.